The molecule has 3 N–H and O–H groups in total. The fraction of sp³-hybridized carbons (Fsp3) is 0.583. The van der Waals surface area contributed by atoms with E-state index in [0.29, 0.717) is 5.69 Å². The van der Waals surface area contributed by atoms with Crippen molar-refractivity contribution >= 4 is 11.4 Å². The van der Waals surface area contributed by atoms with Gasteiger partial charge in [0.05, 0.1) is 30.2 Å². The summed E-state index contributed by atoms with van der Waals surface area (Å²) in [6.45, 7) is 1.19. The van der Waals surface area contributed by atoms with Crippen LogP contribution in [-0.2, 0) is 0 Å². The monoisotopic (exact) mass is 221 g/mol. The van der Waals surface area contributed by atoms with E-state index in [-0.39, 0.29) is 12.6 Å². The highest BCUT2D eigenvalue weighted by molar-refractivity contribution is 5.54. The van der Waals surface area contributed by atoms with Gasteiger partial charge in [-0.15, -0.1) is 0 Å². The van der Waals surface area contributed by atoms with Crippen molar-refractivity contribution in [3.05, 3.63) is 18.5 Å². The second kappa shape index (κ2) is 5.16. The molecule has 2 heterocycles. The van der Waals surface area contributed by atoms with Crippen LogP contribution in [0.3, 0.4) is 0 Å². The van der Waals surface area contributed by atoms with Crippen molar-refractivity contribution in [2.24, 2.45) is 0 Å². The Kier molecular flexibility index (Phi) is 3.62. The van der Waals surface area contributed by atoms with Crippen LogP contribution in [0.2, 0.25) is 0 Å². The molecule has 0 aliphatic carbocycles. The minimum Gasteiger partial charge on any atom is -0.397 e. The zero-order valence-electron chi connectivity index (χ0n) is 9.47. The summed E-state index contributed by atoms with van der Waals surface area (Å²) in [6, 6.07) is 2.15. The summed E-state index contributed by atoms with van der Waals surface area (Å²) in [6.07, 6.45) is 8.12. The third-order valence-corrected chi connectivity index (χ3v) is 3.16. The summed E-state index contributed by atoms with van der Waals surface area (Å²) in [5, 5.41) is 9.42. The van der Waals surface area contributed by atoms with Crippen LogP contribution in [0.4, 0.5) is 11.4 Å². The SMILES string of the molecule is Nc1cncc(N2CCCCCC2CO)c1. The van der Waals surface area contributed by atoms with Crippen LogP contribution in [0.1, 0.15) is 25.7 Å². The summed E-state index contributed by atoms with van der Waals surface area (Å²) >= 11 is 0. The minimum atomic E-state index is 0.203. The van der Waals surface area contributed by atoms with Crippen LogP contribution >= 0.6 is 0 Å². The predicted molar refractivity (Wildman–Crippen MR) is 65.3 cm³/mol. The fourth-order valence-electron chi connectivity index (χ4n) is 2.31. The first-order valence-electron chi connectivity index (χ1n) is 5.89. The maximum atomic E-state index is 9.42. The molecule has 0 aromatic carbocycles. The maximum absolute atomic E-state index is 9.42. The Morgan fingerprint density at radius 1 is 1.38 bits per heavy atom. The van der Waals surface area contributed by atoms with E-state index in [0.717, 1.165) is 18.7 Å². The molecule has 0 spiro atoms. The standard InChI is InChI=1S/C12H19N3O/c13-10-6-12(8-14-7-10)15-5-3-1-2-4-11(15)9-16/h6-8,11,16H,1-5,9,13H2. The van der Waals surface area contributed by atoms with Crippen LogP contribution in [0.25, 0.3) is 0 Å². The van der Waals surface area contributed by atoms with Gasteiger partial charge in [-0.2, -0.15) is 0 Å². The predicted octanol–water partition coefficient (Wildman–Crippen LogP) is 1.41. The largest absolute Gasteiger partial charge is 0.397 e. The van der Waals surface area contributed by atoms with Crippen LogP contribution in [-0.4, -0.2) is 29.3 Å². The number of pyridine rings is 1. The lowest BCUT2D eigenvalue weighted by atomic mass is 10.1. The van der Waals surface area contributed by atoms with Gasteiger partial charge in [0.1, 0.15) is 0 Å². The molecule has 0 amide bonds. The van der Waals surface area contributed by atoms with Crippen LogP contribution in [0.5, 0.6) is 0 Å². The van der Waals surface area contributed by atoms with Crippen molar-refractivity contribution in [1.82, 2.24) is 4.98 Å². The molecule has 1 fully saturated rings. The molecule has 88 valence electrons. The molecule has 1 atom stereocenters. The topological polar surface area (TPSA) is 62.4 Å². The van der Waals surface area contributed by atoms with Gasteiger partial charge in [0.25, 0.3) is 0 Å². The minimum absolute atomic E-state index is 0.203. The molecule has 16 heavy (non-hydrogen) atoms. The Morgan fingerprint density at radius 2 is 2.25 bits per heavy atom. The van der Waals surface area contributed by atoms with Gasteiger partial charge in [-0.3, -0.25) is 4.98 Å². The summed E-state index contributed by atoms with van der Waals surface area (Å²) < 4.78 is 0. The van der Waals surface area contributed by atoms with E-state index < -0.39 is 0 Å². The first-order valence-corrected chi connectivity index (χ1v) is 5.89. The molecule has 4 heteroatoms. The number of nitrogens with two attached hydrogens (primary N) is 1. The van der Waals surface area contributed by atoms with Gasteiger partial charge in [-0.25, -0.2) is 0 Å². The lowest BCUT2D eigenvalue weighted by Gasteiger charge is -2.30. The number of hydrogen-bond acceptors (Lipinski definition) is 4. The number of hydrogen-bond donors (Lipinski definition) is 2. The van der Waals surface area contributed by atoms with Crippen molar-refractivity contribution in [3.8, 4) is 0 Å². The first kappa shape index (κ1) is 11.2. The zero-order chi connectivity index (χ0) is 11.4. The van der Waals surface area contributed by atoms with Crippen LogP contribution < -0.4 is 10.6 Å². The smallest absolute Gasteiger partial charge is 0.0635 e. The van der Waals surface area contributed by atoms with Crippen molar-refractivity contribution in [1.29, 1.82) is 0 Å². The number of nitrogens with zero attached hydrogens (tertiary/aromatic N) is 2. The normalized spacial score (nSPS) is 21.8. The Morgan fingerprint density at radius 3 is 3.00 bits per heavy atom. The second-order valence-electron chi connectivity index (χ2n) is 4.36. The Labute approximate surface area is 96.1 Å². The van der Waals surface area contributed by atoms with Crippen molar-refractivity contribution in [3.63, 3.8) is 0 Å². The van der Waals surface area contributed by atoms with E-state index in [1.807, 2.05) is 12.3 Å². The van der Waals surface area contributed by atoms with E-state index in [2.05, 4.69) is 9.88 Å². The molecule has 0 radical (unpaired) electrons. The van der Waals surface area contributed by atoms with Crippen molar-refractivity contribution < 1.29 is 5.11 Å². The maximum Gasteiger partial charge on any atom is 0.0635 e. The molecule has 2 rings (SSSR count). The Balaban J connectivity index is 2.21. The molecule has 1 unspecified atom stereocenters. The molecular weight excluding hydrogens is 202 g/mol. The number of aliphatic hydroxyl groups is 1. The highest BCUT2D eigenvalue weighted by atomic mass is 16.3. The van der Waals surface area contributed by atoms with E-state index in [4.69, 9.17) is 5.73 Å². The summed E-state index contributed by atoms with van der Waals surface area (Å²) in [5.74, 6) is 0. The quantitative estimate of drug-likeness (QED) is 0.792. The molecule has 1 saturated heterocycles. The average Bonchev–Trinajstić information content (AvgIpc) is 2.53. The average molecular weight is 221 g/mol. The molecule has 1 aromatic heterocycles. The molecule has 1 aliphatic heterocycles. The van der Waals surface area contributed by atoms with Crippen LogP contribution in [0, 0.1) is 0 Å². The third-order valence-electron chi connectivity index (χ3n) is 3.16. The highest BCUT2D eigenvalue weighted by Crippen LogP contribution is 2.24. The van der Waals surface area contributed by atoms with Crippen molar-refractivity contribution in [2.75, 3.05) is 23.8 Å². The lowest BCUT2D eigenvalue weighted by molar-refractivity contribution is 0.255. The highest BCUT2D eigenvalue weighted by Gasteiger charge is 2.20. The molecule has 0 bridgehead atoms. The summed E-state index contributed by atoms with van der Waals surface area (Å²) in [4.78, 5) is 6.34. The fourth-order valence-corrected chi connectivity index (χ4v) is 2.31. The third kappa shape index (κ3) is 2.44. The summed E-state index contributed by atoms with van der Waals surface area (Å²) in [5.41, 5.74) is 7.45. The second-order valence-corrected chi connectivity index (χ2v) is 4.36. The molecule has 1 aromatic rings. The molecule has 0 saturated carbocycles. The van der Waals surface area contributed by atoms with Gasteiger partial charge in [-0.1, -0.05) is 12.8 Å². The van der Waals surface area contributed by atoms with E-state index in [9.17, 15) is 5.11 Å². The molecule has 1 aliphatic rings. The van der Waals surface area contributed by atoms with E-state index in [1.165, 1.54) is 19.3 Å². The lowest BCUT2D eigenvalue weighted by Crippen LogP contribution is -2.37. The zero-order valence-corrected chi connectivity index (χ0v) is 9.47. The van der Waals surface area contributed by atoms with E-state index >= 15 is 0 Å². The van der Waals surface area contributed by atoms with Gasteiger partial charge in [-0.05, 0) is 18.9 Å². The Bertz CT molecular complexity index is 343. The first-order chi connectivity index (χ1) is 7.81. The Hall–Kier alpha value is -1.29. The molecule has 4 nitrogen and oxygen atoms in total. The van der Waals surface area contributed by atoms with Gasteiger partial charge in [0, 0.05) is 12.7 Å². The number of aromatic nitrogens is 1. The molecular formula is C12H19N3O. The number of aliphatic hydroxyl groups excluding tert-OH is 1. The van der Waals surface area contributed by atoms with Gasteiger partial charge < -0.3 is 15.7 Å². The van der Waals surface area contributed by atoms with Gasteiger partial charge in [0.2, 0.25) is 0 Å². The number of anilines is 2. The van der Waals surface area contributed by atoms with Gasteiger partial charge in [0.15, 0.2) is 0 Å². The van der Waals surface area contributed by atoms with E-state index in [1.54, 1.807) is 6.20 Å². The van der Waals surface area contributed by atoms with Crippen molar-refractivity contribution in [2.45, 2.75) is 31.7 Å². The number of nitrogen functional groups attached to an aromatic ring is 1. The van der Waals surface area contributed by atoms with Crippen LogP contribution in [0.15, 0.2) is 18.5 Å². The number of rotatable bonds is 2. The summed E-state index contributed by atoms with van der Waals surface area (Å²) in [7, 11) is 0. The van der Waals surface area contributed by atoms with Gasteiger partial charge >= 0.3 is 0 Å².